The van der Waals surface area contributed by atoms with Crippen molar-refractivity contribution in [2.24, 2.45) is 0 Å². The third-order valence-corrected chi connectivity index (χ3v) is 3.73. The number of nitrogens with zero attached hydrogens (tertiary/aromatic N) is 2. The summed E-state index contributed by atoms with van der Waals surface area (Å²) in [6.07, 6.45) is 0.454. The summed E-state index contributed by atoms with van der Waals surface area (Å²) in [6, 6.07) is 5.67. The highest BCUT2D eigenvalue weighted by molar-refractivity contribution is 5.94. The van der Waals surface area contributed by atoms with Gasteiger partial charge in [0.25, 0.3) is 5.91 Å². The van der Waals surface area contributed by atoms with Crippen molar-refractivity contribution < 1.29 is 9.90 Å². The molecule has 1 saturated heterocycles. The van der Waals surface area contributed by atoms with Crippen LogP contribution in [-0.2, 0) is 0 Å². The normalized spacial score (nSPS) is 15.5. The molecule has 1 aromatic rings. The third kappa shape index (κ3) is 4.07. The minimum absolute atomic E-state index is 0.0615. The van der Waals surface area contributed by atoms with Gasteiger partial charge < -0.3 is 14.9 Å². The number of likely N-dealkylation sites (N-methyl/N-ethyl adjacent to an activating group) is 1. The molecule has 4 heteroatoms. The number of carbonyl (C=O) groups is 1. The highest BCUT2D eigenvalue weighted by Crippen LogP contribution is 2.13. The zero-order chi connectivity index (χ0) is 15.2. The van der Waals surface area contributed by atoms with Gasteiger partial charge in [-0.05, 0) is 31.7 Å². The van der Waals surface area contributed by atoms with E-state index in [1.807, 2.05) is 30.0 Å². The molecular weight excluding hydrogens is 264 g/mol. The lowest BCUT2D eigenvalue weighted by molar-refractivity contribution is 0.0664. The SMILES string of the molecule is Cc1ccc(C(=O)N2CCN(C)CC2)cc1C#CCCO. The van der Waals surface area contributed by atoms with Gasteiger partial charge in [0.15, 0.2) is 0 Å². The molecule has 0 bridgehead atoms. The lowest BCUT2D eigenvalue weighted by Crippen LogP contribution is -2.47. The van der Waals surface area contributed by atoms with Crippen molar-refractivity contribution in [3.63, 3.8) is 0 Å². The zero-order valence-corrected chi connectivity index (χ0v) is 12.7. The van der Waals surface area contributed by atoms with E-state index in [2.05, 4.69) is 23.8 Å². The second kappa shape index (κ2) is 7.26. The van der Waals surface area contributed by atoms with Gasteiger partial charge >= 0.3 is 0 Å². The van der Waals surface area contributed by atoms with Crippen LogP contribution in [0.2, 0.25) is 0 Å². The van der Waals surface area contributed by atoms with E-state index in [-0.39, 0.29) is 12.5 Å². The van der Waals surface area contributed by atoms with Gasteiger partial charge in [0.2, 0.25) is 0 Å². The topological polar surface area (TPSA) is 43.8 Å². The molecule has 1 aliphatic rings. The van der Waals surface area contributed by atoms with E-state index in [9.17, 15) is 4.79 Å². The molecule has 0 aromatic heterocycles. The molecule has 1 N–H and O–H groups in total. The average Bonchev–Trinajstić information content (AvgIpc) is 2.49. The minimum Gasteiger partial charge on any atom is -0.395 e. The minimum atomic E-state index is 0.0615. The summed E-state index contributed by atoms with van der Waals surface area (Å²) >= 11 is 0. The Labute approximate surface area is 126 Å². The van der Waals surface area contributed by atoms with Gasteiger partial charge in [-0.3, -0.25) is 4.79 Å². The fraction of sp³-hybridized carbons (Fsp3) is 0.471. The maximum Gasteiger partial charge on any atom is 0.253 e. The Morgan fingerprint density at radius 1 is 1.29 bits per heavy atom. The molecule has 0 radical (unpaired) electrons. The van der Waals surface area contributed by atoms with Crippen LogP contribution in [0.15, 0.2) is 18.2 Å². The summed E-state index contributed by atoms with van der Waals surface area (Å²) in [5, 5.41) is 8.78. The van der Waals surface area contributed by atoms with E-state index in [4.69, 9.17) is 5.11 Å². The Morgan fingerprint density at radius 3 is 2.67 bits per heavy atom. The molecule has 0 aliphatic carbocycles. The summed E-state index contributed by atoms with van der Waals surface area (Å²) in [4.78, 5) is 16.6. The number of hydrogen-bond donors (Lipinski definition) is 1. The van der Waals surface area contributed by atoms with Crippen molar-refractivity contribution in [3.8, 4) is 11.8 Å². The maximum atomic E-state index is 12.5. The Morgan fingerprint density at radius 2 is 2.00 bits per heavy atom. The molecule has 21 heavy (non-hydrogen) atoms. The summed E-state index contributed by atoms with van der Waals surface area (Å²) < 4.78 is 0. The largest absolute Gasteiger partial charge is 0.395 e. The maximum absolute atomic E-state index is 12.5. The summed E-state index contributed by atoms with van der Waals surface area (Å²) in [5.74, 6) is 6.02. The van der Waals surface area contributed by atoms with Crippen LogP contribution in [0, 0.1) is 18.8 Å². The van der Waals surface area contributed by atoms with Crippen LogP contribution < -0.4 is 0 Å². The highest BCUT2D eigenvalue weighted by atomic mass is 16.2. The molecule has 0 unspecified atom stereocenters. The zero-order valence-electron chi connectivity index (χ0n) is 12.7. The third-order valence-electron chi connectivity index (χ3n) is 3.73. The van der Waals surface area contributed by atoms with Crippen LogP contribution >= 0.6 is 0 Å². The Kier molecular flexibility index (Phi) is 5.38. The number of hydrogen-bond acceptors (Lipinski definition) is 3. The number of aliphatic hydroxyl groups excluding tert-OH is 1. The van der Waals surface area contributed by atoms with E-state index >= 15 is 0 Å². The molecule has 0 spiro atoms. The van der Waals surface area contributed by atoms with E-state index < -0.39 is 0 Å². The van der Waals surface area contributed by atoms with E-state index in [0.29, 0.717) is 12.0 Å². The fourth-order valence-electron chi connectivity index (χ4n) is 2.30. The van der Waals surface area contributed by atoms with Gasteiger partial charge in [-0.25, -0.2) is 0 Å². The number of carbonyl (C=O) groups excluding carboxylic acids is 1. The first-order valence-electron chi connectivity index (χ1n) is 7.30. The Balaban J connectivity index is 2.15. The Bertz CT molecular complexity index is 564. The van der Waals surface area contributed by atoms with Gasteiger partial charge in [0.05, 0.1) is 6.61 Å². The molecule has 0 saturated carbocycles. The van der Waals surface area contributed by atoms with Crippen molar-refractivity contribution in [1.82, 2.24) is 9.80 Å². The Hall–Kier alpha value is -1.83. The molecule has 4 nitrogen and oxygen atoms in total. The van der Waals surface area contributed by atoms with Crippen LogP contribution in [-0.4, -0.2) is 60.6 Å². The number of rotatable bonds is 2. The number of piperazine rings is 1. The molecule has 112 valence electrons. The van der Waals surface area contributed by atoms with Gasteiger partial charge in [-0.15, -0.1) is 0 Å². The van der Waals surface area contributed by atoms with E-state index in [0.717, 1.165) is 37.3 Å². The molecule has 1 aromatic carbocycles. The number of aryl methyl sites for hydroxylation is 1. The van der Waals surface area contributed by atoms with Crippen LogP contribution in [0.5, 0.6) is 0 Å². The molecular formula is C17H22N2O2. The summed E-state index contributed by atoms with van der Waals surface area (Å²) in [6.45, 7) is 5.42. The van der Waals surface area contributed by atoms with E-state index in [1.54, 1.807) is 0 Å². The molecule has 1 amide bonds. The van der Waals surface area contributed by atoms with Crippen LogP contribution in [0.1, 0.15) is 27.9 Å². The molecule has 0 atom stereocenters. The smallest absolute Gasteiger partial charge is 0.253 e. The standard InChI is InChI=1S/C17H22N2O2/c1-14-6-7-16(13-15(14)5-3-4-12-20)17(21)19-10-8-18(2)9-11-19/h6-7,13,20H,4,8-12H2,1-2H3. The number of aliphatic hydroxyl groups is 1. The number of amides is 1. The van der Waals surface area contributed by atoms with Gasteiger partial charge in [-0.1, -0.05) is 17.9 Å². The van der Waals surface area contributed by atoms with Crippen LogP contribution in [0.4, 0.5) is 0 Å². The molecule has 1 aliphatic heterocycles. The van der Waals surface area contributed by atoms with Crippen molar-refractivity contribution in [2.75, 3.05) is 39.8 Å². The summed E-state index contributed by atoms with van der Waals surface area (Å²) in [7, 11) is 2.07. The lowest BCUT2D eigenvalue weighted by atomic mass is 10.0. The molecule has 2 rings (SSSR count). The fourth-order valence-corrected chi connectivity index (χ4v) is 2.30. The van der Waals surface area contributed by atoms with Crippen molar-refractivity contribution in [1.29, 1.82) is 0 Å². The average molecular weight is 286 g/mol. The predicted octanol–water partition coefficient (Wildman–Crippen LogP) is 1.12. The monoisotopic (exact) mass is 286 g/mol. The molecule has 1 fully saturated rings. The van der Waals surface area contributed by atoms with Crippen LogP contribution in [0.25, 0.3) is 0 Å². The van der Waals surface area contributed by atoms with Crippen molar-refractivity contribution in [3.05, 3.63) is 34.9 Å². The van der Waals surface area contributed by atoms with Crippen LogP contribution in [0.3, 0.4) is 0 Å². The predicted molar refractivity (Wildman–Crippen MR) is 83.2 cm³/mol. The van der Waals surface area contributed by atoms with Gasteiger partial charge in [-0.2, -0.15) is 0 Å². The quantitative estimate of drug-likeness (QED) is 0.829. The van der Waals surface area contributed by atoms with Gasteiger partial charge in [0, 0.05) is 43.7 Å². The first-order chi connectivity index (χ1) is 10.1. The number of benzene rings is 1. The van der Waals surface area contributed by atoms with Gasteiger partial charge in [0.1, 0.15) is 0 Å². The molecule has 1 heterocycles. The van der Waals surface area contributed by atoms with Crippen molar-refractivity contribution in [2.45, 2.75) is 13.3 Å². The first-order valence-corrected chi connectivity index (χ1v) is 7.30. The lowest BCUT2D eigenvalue weighted by Gasteiger charge is -2.32. The summed E-state index contributed by atoms with van der Waals surface area (Å²) in [5.41, 5.74) is 2.61. The second-order valence-electron chi connectivity index (χ2n) is 5.40. The first kappa shape index (κ1) is 15.6. The second-order valence-corrected chi connectivity index (χ2v) is 5.40. The highest BCUT2D eigenvalue weighted by Gasteiger charge is 2.20. The van der Waals surface area contributed by atoms with Crippen molar-refractivity contribution >= 4 is 5.91 Å². The van der Waals surface area contributed by atoms with E-state index in [1.165, 1.54) is 0 Å².